The van der Waals surface area contributed by atoms with Crippen LogP contribution in [0.2, 0.25) is 0 Å². The lowest BCUT2D eigenvalue weighted by atomic mass is 10.2. The Bertz CT molecular complexity index is 617. The van der Waals surface area contributed by atoms with Crippen molar-refractivity contribution >= 4 is 23.5 Å². The van der Waals surface area contributed by atoms with E-state index in [2.05, 4.69) is 5.32 Å². The average Bonchev–Trinajstić information content (AvgIpc) is 2.69. The zero-order valence-corrected chi connectivity index (χ0v) is 9.23. The van der Waals surface area contributed by atoms with Crippen molar-refractivity contribution in [1.29, 1.82) is 0 Å². The highest BCUT2D eigenvalue weighted by Gasteiger charge is 2.30. The Labute approximate surface area is 105 Å². The molecule has 0 saturated carbocycles. The van der Waals surface area contributed by atoms with Crippen molar-refractivity contribution in [3.8, 4) is 5.75 Å². The van der Waals surface area contributed by atoms with E-state index in [1.807, 2.05) is 0 Å². The molecule has 1 heterocycles. The van der Waals surface area contributed by atoms with Crippen LogP contribution in [0.3, 0.4) is 0 Å². The summed E-state index contributed by atoms with van der Waals surface area (Å²) in [4.78, 5) is 43.3. The van der Waals surface area contributed by atoms with Crippen LogP contribution in [0, 0.1) is 10.1 Å². The maximum Gasteiger partial charge on any atom is 0.349 e. The van der Waals surface area contributed by atoms with Gasteiger partial charge in [0.05, 0.1) is 4.92 Å². The SMILES string of the molecule is O=C1C=C(C(=O)Oc2ccc([N+](=O)[O-])cc2)C(=O)[N]1. The van der Waals surface area contributed by atoms with E-state index in [-0.39, 0.29) is 11.4 Å². The number of nitro benzene ring substituents is 1. The van der Waals surface area contributed by atoms with Crippen molar-refractivity contribution in [2.45, 2.75) is 0 Å². The standard InChI is InChI=1S/C11H5N2O6/c14-9-5-8(10(15)12-9)11(16)19-7-3-1-6(2-4-7)13(17)18/h1-5H. The number of hydrogen-bond acceptors (Lipinski definition) is 6. The first-order chi connectivity index (χ1) is 8.97. The second-order valence-corrected chi connectivity index (χ2v) is 3.45. The fourth-order valence-corrected chi connectivity index (χ4v) is 1.32. The van der Waals surface area contributed by atoms with Crippen LogP contribution in [0.1, 0.15) is 0 Å². The number of amides is 2. The molecule has 0 unspecified atom stereocenters. The molecule has 0 saturated heterocycles. The minimum atomic E-state index is -1.03. The monoisotopic (exact) mass is 261 g/mol. The lowest BCUT2D eigenvalue weighted by Crippen LogP contribution is -2.20. The highest BCUT2D eigenvalue weighted by molar-refractivity contribution is 6.28. The number of hydrogen-bond donors (Lipinski definition) is 0. The van der Waals surface area contributed by atoms with Crippen LogP contribution in [0.5, 0.6) is 5.75 Å². The first-order valence-electron chi connectivity index (χ1n) is 4.96. The minimum Gasteiger partial charge on any atom is -0.423 e. The largest absolute Gasteiger partial charge is 0.423 e. The number of imide groups is 1. The molecule has 1 radical (unpaired) electrons. The van der Waals surface area contributed by atoms with E-state index in [0.717, 1.165) is 18.2 Å². The molecular formula is C11H5N2O6. The Morgan fingerprint density at radius 3 is 2.32 bits per heavy atom. The van der Waals surface area contributed by atoms with Crippen LogP contribution < -0.4 is 10.1 Å². The van der Waals surface area contributed by atoms with Gasteiger partial charge in [-0.05, 0) is 12.1 Å². The van der Waals surface area contributed by atoms with Crippen LogP contribution in [-0.2, 0) is 14.4 Å². The van der Waals surface area contributed by atoms with Crippen molar-refractivity contribution in [2.24, 2.45) is 0 Å². The summed E-state index contributed by atoms with van der Waals surface area (Å²) < 4.78 is 4.79. The number of ether oxygens (including phenoxy) is 1. The van der Waals surface area contributed by atoms with Gasteiger partial charge >= 0.3 is 5.97 Å². The Hall–Kier alpha value is -3.03. The fraction of sp³-hybridized carbons (Fsp3) is 0. The summed E-state index contributed by atoms with van der Waals surface area (Å²) in [5.41, 5.74) is -0.635. The molecule has 95 valence electrons. The lowest BCUT2D eigenvalue weighted by molar-refractivity contribution is -0.384. The van der Waals surface area contributed by atoms with E-state index in [4.69, 9.17) is 4.74 Å². The van der Waals surface area contributed by atoms with Crippen molar-refractivity contribution in [1.82, 2.24) is 5.32 Å². The molecular weight excluding hydrogens is 256 g/mol. The summed E-state index contributed by atoms with van der Waals surface area (Å²) in [6.45, 7) is 0. The second kappa shape index (κ2) is 4.69. The van der Waals surface area contributed by atoms with Gasteiger partial charge in [-0.1, -0.05) is 0 Å². The molecule has 2 rings (SSSR count). The highest BCUT2D eigenvalue weighted by Crippen LogP contribution is 2.18. The van der Waals surface area contributed by atoms with Gasteiger partial charge < -0.3 is 4.74 Å². The van der Waals surface area contributed by atoms with E-state index < -0.39 is 28.3 Å². The summed E-state index contributed by atoms with van der Waals surface area (Å²) in [5, 5.41) is 13.4. The molecule has 1 aliphatic heterocycles. The molecule has 0 N–H and O–H groups in total. The lowest BCUT2D eigenvalue weighted by Gasteiger charge is -2.02. The quantitative estimate of drug-likeness (QED) is 0.190. The van der Waals surface area contributed by atoms with Gasteiger partial charge in [-0.2, -0.15) is 5.32 Å². The topological polar surface area (TPSA) is 118 Å². The number of carbonyl (C=O) groups excluding carboxylic acids is 3. The molecule has 1 aromatic rings. The first kappa shape index (κ1) is 12.4. The van der Waals surface area contributed by atoms with Crippen LogP contribution in [0.15, 0.2) is 35.9 Å². The molecule has 0 atom stereocenters. The van der Waals surface area contributed by atoms with Crippen molar-refractivity contribution < 1.29 is 24.0 Å². The number of carbonyl (C=O) groups is 3. The molecule has 19 heavy (non-hydrogen) atoms. The highest BCUT2D eigenvalue weighted by atomic mass is 16.6. The average molecular weight is 261 g/mol. The zero-order chi connectivity index (χ0) is 14.0. The summed E-state index contributed by atoms with van der Waals surface area (Å²) in [7, 11) is 0. The van der Waals surface area contributed by atoms with Crippen molar-refractivity contribution in [2.75, 3.05) is 0 Å². The molecule has 0 spiro atoms. The van der Waals surface area contributed by atoms with Crippen molar-refractivity contribution in [3.05, 3.63) is 46.0 Å². The Morgan fingerprint density at radius 2 is 1.84 bits per heavy atom. The van der Waals surface area contributed by atoms with Crippen molar-refractivity contribution in [3.63, 3.8) is 0 Å². The molecule has 1 aliphatic rings. The van der Waals surface area contributed by atoms with Gasteiger partial charge in [-0.25, -0.2) is 4.79 Å². The Kier molecular flexibility index (Phi) is 3.06. The fourth-order valence-electron chi connectivity index (χ4n) is 1.32. The summed E-state index contributed by atoms with van der Waals surface area (Å²) in [6, 6.07) is 4.69. The van der Waals surface area contributed by atoms with E-state index in [1.165, 1.54) is 12.1 Å². The first-order valence-corrected chi connectivity index (χ1v) is 4.96. The van der Waals surface area contributed by atoms with Gasteiger partial charge in [0.1, 0.15) is 11.3 Å². The van der Waals surface area contributed by atoms with Crippen LogP contribution >= 0.6 is 0 Å². The van der Waals surface area contributed by atoms with Gasteiger partial charge in [0.15, 0.2) is 0 Å². The van der Waals surface area contributed by atoms with Gasteiger partial charge in [0.2, 0.25) is 0 Å². The third kappa shape index (κ3) is 2.63. The summed E-state index contributed by atoms with van der Waals surface area (Å²) in [6.07, 6.45) is 0.774. The summed E-state index contributed by atoms with van der Waals surface area (Å²) >= 11 is 0. The molecule has 0 aliphatic carbocycles. The normalized spacial score (nSPS) is 13.8. The van der Waals surface area contributed by atoms with Gasteiger partial charge in [-0.3, -0.25) is 19.7 Å². The molecule has 8 heteroatoms. The Morgan fingerprint density at radius 1 is 1.21 bits per heavy atom. The molecule has 0 aromatic heterocycles. The number of nitro groups is 1. The molecule has 1 aromatic carbocycles. The van der Waals surface area contributed by atoms with Crippen LogP contribution in [0.4, 0.5) is 5.69 Å². The zero-order valence-electron chi connectivity index (χ0n) is 9.23. The third-order valence-corrected chi connectivity index (χ3v) is 2.19. The number of nitrogens with zero attached hydrogens (tertiary/aromatic N) is 2. The van der Waals surface area contributed by atoms with Crippen LogP contribution in [0.25, 0.3) is 0 Å². The van der Waals surface area contributed by atoms with E-state index >= 15 is 0 Å². The van der Waals surface area contributed by atoms with E-state index in [1.54, 1.807) is 0 Å². The summed E-state index contributed by atoms with van der Waals surface area (Å²) in [5.74, 6) is -2.80. The molecule has 2 amide bonds. The molecule has 0 bridgehead atoms. The maximum atomic E-state index is 11.5. The maximum absolute atomic E-state index is 11.5. The van der Waals surface area contributed by atoms with E-state index in [0.29, 0.717) is 0 Å². The Balaban J connectivity index is 2.11. The number of non-ortho nitro benzene ring substituents is 1. The van der Waals surface area contributed by atoms with Gasteiger partial charge in [0, 0.05) is 18.2 Å². The predicted octanol–water partition coefficient (Wildman–Crippen LogP) is 0.0978. The smallest absolute Gasteiger partial charge is 0.349 e. The second-order valence-electron chi connectivity index (χ2n) is 3.45. The third-order valence-electron chi connectivity index (χ3n) is 2.19. The number of rotatable bonds is 3. The van der Waals surface area contributed by atoms with E-state index in [9.17, 15) is 24.5 Å². The van der Waals surface area contributed by atoms with Gasteiger partial charge in [0.25, 0.3) is 17.5 Å². The predicted molar refractivity (Wildman–Crippen MR) is 59.0 cm³/mol. The van der Waals surface area contributed by atoms with Crippen LogP contribution in [-0.4, -0.2) is 22.7 Å². The number of esters is 1. The van der Waals surface area contributed by atoms with Gasteiger partial charge in [-0.15, -0.1) is 0 Å². The minimum absolute atomic E-state index is 0.0173. The number of benzene rings is 1. The molecule has 8 nitrogen and oxygen atoms in total. The molecule has 0 fully saturated rings.